The van der Waals surface area contributed by atoms with Crippen molar-refractivity contribution in [1.29, 1.82) is 0 Å². The molecule has 0 aliphatic rings. The van der Waals surface area contributed by atoms with E-state index in [1.54, 1.807) is 42.5 Å². The van der Waals surface area contributed by atoms with Crippen LogP contribution in [0.2, 0.25) is 5.02 Å². The number of rotatable bonds is 12. The maximum absolute atomic E-state index is 14.5. The molecule has 2 amide bonds. The smallest absolute Gasteiger partial charge is 0.264 e. The number of carbonyl (C=O) groups excluding carboxylic acids is 2. The topological polar surface area (TPSA) is 96.0 Å². The Hall–Kier alpha value is -4.41. The molecule has 0 aromatic heterocycles. The predicted octanol–water partition coefficient (Wildman–Crippen LogP) is 6.24. The summed E-state index contributed by atoms with van der Waals surface area (Å²) < 4.78 is 48.5. The van der Waals surface area contributed by atoms with Gasteiger partial charge in [0, 0.05) is 18.5 Å². The van der Waals surface area contributed by atoms with Crippen LogP contribution in [0.25, 0.3) is 0 Å². The van der Waals surface area contributed by atoms with Crippen molar-refractivity contribution in [2.24, 2.45) is 0 Å². The van der Waals surface area contributed by atoms with Crippen LogP contribution in [0.3, 0.4) is 0 Å². The molecule has 0 radical (unpaired) electrons. The van der Waals surface area contributed by atoms with Crippen molar-refractivity contribution in [3.63, 3.8) is 0 Å². The number of ether oxygens (including phenoxy) is 1. The van der Waals surface area contributed by atoms with Gasteiger partial charge in [0.25, 0.3) is 10.0 Å². The summed E-state index contributed by atoms with van der Waals surface area (Å²) in [7, 11) is -2.82. The Morgan fingerprint density at radius 2 is 1.52 bits per heavy atom. The van der Waals surface area contributed by atoms with Crippen LogP contribution in [0, 0.1) is 5.82 Å². The first-order valence-corrected chi connectivity index (χ1v) is 16.4. The SMILES string of the molecule is COc1cccc(CN(C(=O)CN(c2ccc(F)c(Cl)c2)S(=O)(=O)c2ccccc2)[C@H](Cc2ccccc2)C(=O)NC(C)(C)C)c1. The molecule has 0 aliphatic heterocycles. The van der Waals surface area contributed by atoms with Gasteiger partial charge in [-0.15, -0.1) is 0 Å². The first-order valence-electron chi connectivity index (χ1n) is 14.6. The number of hydrogen-bond donors (Lipinski definition) is 1. The average molecular weight is 666 g/mol. The minimum Gasteiger partial charge on any atom is -0.497 e. The summed E-state index contributed by atoms with van der Waals surface area (Å²) in [6.45, 7) is 4.78. The van der Waals surface area contributed by atoms with Crippen LogP contribution >= 0.6 is 11.6 Å². The molecule has 0 unspecified atom stereocenters. The molecule has 0 saturated heterocycles. The molecule has 0 spiro atoms. The third-order valence-electron chi connectivity index (χ3n) is 7.06. The fourth-order valence-electron chi connectivity index (χ4n) is 4.86. The van der Waals surface area contributed by atoms with E-state index in [0.717, 1.165) is 22.0 Å². The van der Waals surface area contributed by atoms with Gasteiger partial charge in [-0.2, -0.15) is 0 Å². The summed E-state index contributed by atoms with van der Waals surface area (Å²) in [6.07, 6.45) is 0.159. The predicted molar refractivity (Wildman–Crippen MR) is 178 cm³/mol. The lowest BCUT2D eigenvalue weighted by molar-refractivity contribution is -0.140. The minimum absolute atomic E-state index is 0.0105. The molecule has 242 valence electrons. The van der Waals surface area contributed by atoms with Gasteiger partial charge in [0.15, 0.2) is 0 Å². The lowest BCUT2D eigenvalue weighted by atomic mass is 10.0. The van der Waals surface area contributed by atoms with Crippen LogP contribution in [0.1, 0.15) is 31.9 Å². The fraction of sp³-hybridized carbons (Fsp3) is 0.257. The van der Waals surface area contributed by atoms with E-state index in [0.29, 0.717) is 11.3 Å². The molecule has 46 heavy (non-hydrogen) atoms. The summed E-state index contributed by atoms with van der Waals surface area (Å²) in [4.78, 5) is 29.8. The zero-order valence-corrected chi connectivity index (χ0v) is 27.7. The van der Waals surface area contributed by atoms with Gasteiger partial charge >= 0.3 is 0 Å². The molecule has 4 aromatic carbocycles. The highest BCUT2D eigenvalue weighted by Gasteiger charge is 2.35. The van der Waals surface area contributed by atoms with Gasteiger partial charge in [-0.05, 0) is 74.4 Å². The first kappa shape index (κ1) is 34.5. The number of hydrogen-bond acceptors (Lipinski definition) is 5. The second-order valence-corrected chi connectivity index (χ2v) is 14.0. The van der Waals surface area contributed by atoms with E-state index in [2.05, 4.69) is 5.32 Å². The number of anilines is 1. The molecular weight excluding hydrogens is 629 g/mol. The molecule has 0 saturated carbocycles. The molecule has 8 nitrogen and oxygen atoms in total. The summed E-state index contributed by atoms with van der Waals surface area (Å²) in [6, 6.07) is 26.3. The van der Waals surface area contributed by atoms with Crippen LogP contribution in [0.15, 0.2) is 108 Å². The number of benzene rings is 4. The summed E-state index contributed by atoms with van der Waals surface area (Å²) in [5.74, 6) is -1.25. The monoisotopic (exact) mass is 665 g/mol. The second-order valence-electron chi connectivity index (χ2n) is 11.7. The Bertz CT molecular complexity index is 1770. The van der Waals surface area contributed by atoms with Gasteiger partial charge in [-0.25, -0.2) is 12.8 Å². The molecule has 4 aromatic rings. The van der Waals surface area contributed by atoms with Crippen molar-refractivity contribution < 1.29 is 27.1 Å². The van der Waals surface area contributed by atoms with Crippen LogP contribution < -0.4 is 14.4 Å². The first-order chi connectivity index (χ1) is 21.8. The number of halogens is 2. The average Bonchev–Trinajstić information content (AvgIpc) is 3.03. The Morgan fingerprint density at radius 3 is 2.13 bits per heavy atom. The van der Waals surface area contributed by atoms with Crippen molar-refractivity contribution in [3.05, 3.63) is 125 Å². The maximum atomic E-state index is 14.5. The van der Waals surface area contributed by atoms with E-state index >= 15 is 0 Å². The Morgan fingerprint density at radius 1 is 0.891 bits per heavy atom. The maximum Gasteiger partial charge on any atom is 0.264 e. The zero-order valence-electron chi connectivity index (χ0n) is 26.1. The fourth-order valence-corrected chi connectivity index (χ4v) is 6.46. The van der Waals surface area contributed by atoms with E-state index in [-0.39, 0.29) is 28.6 Å². The third-order valence-corrected chi connectivity index (χ3v) is 9.14. The molecule has 0 heterocycles. The van der Waals surface area contributed by atoms with Crippen LogP contribution in [0.4, 0.5) is 10.1 Å². The van der Waals surface area contributed by atoms with Gasteiger partial charge in [-0.3, -0.25) is 13.9 Å². The van der Waals surface area contributed by atoms with E-state index in [1.807, 2.05) is 51.1 Å². The van der Waals surface area contributed by atoms with Crippen molar-refractivity contribution >= 4 is 39.1 Å². The molecule has 0 fully saturated rings. The highest BCUT2D eigenvalue weighted by atomic mass is 35.5. The van der Waals surface area contributed by atoms with Gasteiger partial charge in [0.05, 0.1) is 22.7 Å². The van der Waals surface area contributed by atoms with Crippen molar-refractivity contribution in [3.8, 4) is 5.75 Å². The lowest BCUT2D eigenvalue weighted by Crippen LogP contribution is -2.56. The highest BCUT2D eigenvalue weighted by Crippen LogP contribution is 2.29. The number of amides is 2. The standard InChI is InChI=1S/C35H37ClFN3O5S/c1-35(2,3)38-34(42)32(21-25-12-7-5-8-13-25)39(23-26-14-11-15-28(20-26)45-4)33(41)24-40(27-18-19-31(37)30(36)22-27)46(43,44)29-16-9-6-10-17-29/h5-20,22,32H,21,23-24H2,1-4H3,(H,38,42)/t32-/m1/s1. The lowest BCUT2D eigenvalue weighted by Gasteiger charge is -2.35. The Labute approximate surface area is 274 Å². The van der Waals surface area contributed by atoms with E-state index in [9.17, 15) is 22.4 Å². The van der Waals surface area contributed by atoms with Gasteiger partial charge in [0.2, 0.25) is 11.8 Å². The quantitative estimate of drug-likeness (QED) is 0.193. The van der Waals surface area contributed by atoms with Crippen LogP contribution in [-0.2, 0) is 32.6 Å². The van der Waals surface area contributed by atoms with Crippen molar-refractivity contribution in [2.45, 2.75) is 50.2 Å². The third kappa shape index (κ3) is 8.86. The van der Waals surface area contributed by atoms with E-state index < -0.39 is 45.8 Å². The second kappa shape index (κ2) is 14.8. The Kier molecular flexibility index (Phi) is 11.1. The van der Waals surface area contributed by atoms with Crippen LogP contribution in [0.5, 0.6) is 5.75 Å². The number of sulfonamides is 1. The number of nitrogens with zero attached hydrogens (tertiary/aromatic N) is 2. The summed E-state index contributed by atoms with van der Waals surface area (Å²) in [5.41, 5.74) is 0.837. The van der Waals surface area contributed by atoms with Crippen LogP contribution in [-0.4, -0.2) is 50.4 Å². The molecule has 4 rings (SSSR count). The number of carbonyl (C=O) groups is 2. The van der Waals surface area contributed by atoms with Crippen molar-refractivity contribution in [2.75, 3.05) is 18.0 Å². The summed E-state index contributed by atoms with van der Waals surface area (Å²) >= 11 is 6.08. The largest absolute Gasteiger partial charge is 0.497 e. The van der Waals surface area contributed by atoms with Gasteiger partial charge < -0.3 is 15.0 Å². The summed E-state index contributed by atoms with van der Waals surface area (Å²) in [5, 5.41) is 2.68. The van der Waals surface area contributed by atoms with E-state index in [4.69, 9.17) is 16.3 Å². The van der Waals surface area contributed by atoms with E-state index in [1.165, 1.54) is 30.2 Å². The van der Waals surface area contributed by atoms with Gasteiger partial charge in [0.1, 0.15) is 24.2 Å². The molecular formula is C35H37ClFN3O5S. The zero-order chi connectivity index (χ0) is 33.5. The number of nitrogens with one attached hydrogen (secondary N) is 1. The molecule has 0 bridgehead atoms. The highest BCUT2D eigenvalue weighted by molar-refractivity contribution is 7.92. The molecule has 0 aliphatic carbocycles. The minimum atomic E-state index is -4.35. The Balaban J connectivity index is 1.84. The normalized spacial score (nSPS) is 12.2. The number of methoxy groups -OCH3 is 1. The molecule has 1 atom stereocenters. The van der Waals surface area contributed by atoms with Gasteiger partial charge in [-0.1, -0.05) is 72.3 Å². The molecule has 11 heteroatoms. The molecule has 1 N–H and O–H groups in total. The van der Waals surface area contributed by atoms with Crippen molar-refractivity contribution in [1.82, 2.24) is 10.2 Å².